The highest BCUT2D eigenvalue weighted by atomic mass is 16.7. The number of rotatable bonds is 2. The van der Waals surface area contributed by atoms with Crippen molar-refractivity contribution in [2.24, 2.45) is 5.92 Å². The number of carbonyl (C=O) groups excluding carboxylic acids is 2. The summed E-state index contributed by atoms with van der Waals surface area (Å²) in [6.07, 6.45) is 4.55. The molecule has 1 fully saturated rings. The van der Waals surface area contributed by atoms with Crippen molar-refractivity contribution in [3.8, 4) is 0 Å². The molecule has 35 heavy (non-hydrogen) atoms. The lowest BCUT2D eigenvalue weighted by Crippen LogP contribution is -2.43. The first-order chi connectivity index (χ1) is 16.4. The van der Waals surface area contributed by atoms with Crippen LogP contribution in [-0.4, -0.2) is 30.1 Å². The van der Waals surface area contributed by atoms with E-state index in [9.17, 15) is 9.59 Å². The Morgan fingerprint density at radius 3 is 2.37 bits per heavy atom. The average molecular weight is 481 g/mol. The summed E-state index contributed by atoms with van der Waals surface area (Å²) in [6.45, 7) is 18.5. The molecular weight excluding hydrogens is 440 g/mol. The fraction of sp³-hybridized carbons (Fsp3) is 0.533. The molecule has 0 N–H and O–H groups in total. The van der Waals surface area contributed by atoms with Gasteiger partial charge in [-0.25, -0.2) is 0 Å². The van der Waals surface area contributed by atoms with Gasteiger partial charge in [0.25, 0.3) is 0 Å². The highest BCUT2D eigenvalue weighted by molar-refractivity contribution is 6.01. The lowest BCUT2D eigenvalue weighted by molar-refractivity contribution is -0.157. The first-order valence-corrected chi connectivity index (χ1v) is 12.6. The van der Waals surface area contributed by atoms with Crippen LogP contribution in [0.4, 0.5) is 0 Å². The van der Waals surface area contributed by atoms with Crippen molar-refractivity contribution in [3.63, 3.8) is 0 Å². The minimum absolute atomic E-state index is 0.0962. The molecule has 0 saturated carbocycles. The Bertz CT molecular complexity index is 1040. The second kappa shape index (κ2) is 11.0. The lowest BCUT2D eigenvalue weighted by atomic mass is 9.87. The number of benzene rings is 1. The molecule has 4 atom stereocenters. The molecular formula is C30H40O5. The van der Waals surface area contributed by atoms with Gasteiger partial charge in [0, 0.05) is 12.0 Å². The highest BCUT2D eigenvalue weighted by Gasteiger charge is 2.49. The van der Waals surface area contributed by atoms with Gasteiger partial charge in [0.05, 0.1) is 6.61 Å². The predicted octanol–water partition coefficient (Wildman–Crippen LogP) is 6.56. The Hall–Kier alpha value is -2.50. The second-order valence-corrected chi connectivity index (χ2v) is 10.5. The Labute approximate surface area is 210 Å². The van der Waals surface area contributed by atoms with Gasteiger partial charge in [-0.3, -0.25) is 9.59 Å². The zero-order valence-electron chi connectivity index (χ0n) is 22.3. The quantitative estimate of drug-likeness (QED) is 0.273. The van der Waals surface area contributed by atoms with E-state index in [-0.39, 0.29) is 30.8 Å². The first kappa shape index (κ1) is 27.1. The smallest absolute Gasteiger partial charge is 0.314 e. The van der Waals surface area contributed by atoms with Crippen LogP contribution in [0.5, 0.6) is 0 Å². The lowest BCUT2D eigenvalue weighted by Gasteiger charge is -2.28. The van der Waals surface area contributed by atoms with Crippen LogP contribution >= 0.6 is 0 Å². The third kappa shape index (κ3) is 6.39. The molecule has 0 unspecified atom stereocenters. The molecule has 0 aliphatic carbocycles. The van der Waals surface area contributed by atoms with Gasteiger partial charge < -0.3 is 14.2 Å². The number of ketones is 1. The number of esters is 1. The summed E-state index contributed by atoms with van der Waals surface area (Å²) in [5.41, 5.74) is 5.94. The van der Waals surface area contributed by atoms with Crippen LogP contribution in [0.25, 0.3) is 0 Å². The van der Waals surface area contributed by atoms with E-state index in [1.165, 1.54) is 0 Å². The molecule has 2 heterocycles. The minimum atomic E-state index is -1.23. The SMILES string of the molecule is C=C1/C=C(\C)[C@H](CC)OC(=O)CC(=O)[C@@]2(CO[C@H](c3c(C)cc(C)cc3C)O2)C/C(C)=C/[C@@H](C)C1. The number of hydrogen-bond acceptors (Lipinski definition) is 5. The molecule has 2 aliphatic rings. The van der Waals surface area contributed by atoms with Crippen LogP contribution in [0, 0.1) is 26.7 Å². The van der Waals surface area contributed by atoms with Gasteiger partial charge in [0.15, 0.2) is 17.7 Å². The van der Waals surface area contributed by atoms with Crippen molar-refractivity contribution in [3.05, 3.63) is 69.8 Å². The summed E-state index contributed by atoms with van der Waals surface area (Å²) >= 11 is 0. The molecule has 0 radical (unpaired) electrons. The van der Waals surface area contributed by atoms with Crippen molar-refractivity contribution in [1.29, 1.82) is 0 Å². The summed E-state index contributed by atoms with van der Waals surface area (Å²) in [5.74, 6) is -0.601. The van der Waals surface area contributed by atoms with Gasteiger partial charge >= 0.3 is 5.97 Å². The van der Waals surface area contributed by atoms with Gasteiger partial charge in [-0.1, -0.05) is 61.4 Å². The normalized spacial score (nSPS) is 32.0. The maximum Gasteiger partial charge on any atom is 0.314 e. The summed E-state index contributed by atoms with van der Waals surface area (Å²) in [5, 5.41) is 0. The van der Waals surface area contributed by atoms with Gasteiger partial charge in [-0.2, -0.15) is 0 Å². The summed E-state index contributed by atoms with van der Waals surface area (Å²) < 4.78 is 18.3. The van der Waals surface area contributed by atoms with E-state index < -0.39 is 17.9 Å². The van der Waals surface area contributed by atoms with Gasteiger partial charge in [-0.15, -0.1) is 0 Å². The van der Waals surface area contributed by atoms with Crippen molar-refractivity contribution >= 4 is 11.8 Å². The first-order valence-electron chi connectivity index (χ1n) is 12.6. The molecule has 0 amide bonds. The van der Waals surface area contributed by atoms with E-state index in [1.807, 2.05) is 40.7 Å². The van der Waals surface area contributed by atoms with E-state index in [1.54, 1.807) is 0 Å². The summed E-state index contributed by atoms with van der Waals surface area (Å²) in [6, 6.07) is 4.18. The molecule has 1 spiro atoms. The molecule has 0 aromatic heterocycles. The number of ether oxygens (including phenoxy) is 3. The van der Waals surface area contributed by atoms with Crippen LogP contribution in [0.1, 0.15) is 81.9 Å². The Morgan fingerprint density at radius 2 is 1.74 bits per heavy atom. The van der Waals surface area contributed by atoms with Crippen LogP contribution < -0.4 is 0 Å². The number of hydrogen-bond donors (Lipinski definition) is 0. The third-order valence-electron chi connectivity index (χ3n) is 6.89. The van der Waals surface area contributed by atoms with E-state index in [4.69, 9.17) is 14.2 Å². The maximum absolute atomic E-state index is 13.6. The van der Waals surface area contributed by atoms with Crippen molar-refractivity contribution < 1.29 is 23.8 Å². The fourth-order valence-corrected chi connectivity index (χ4v) is 5.46. The Kier molecular flexibility index (Phi) is 8.55. The fourth-order valence-electron chi connectivity index (χ4n) is 5.46. The Balaban J connectivity index is 1.97. The van der Waals surface area contributed by atoms with Gasteiger partial charge in [0.2, 0.25) is 0 Å². The van der Waals surface area contributed by atoms with E-state index >= 15 is 0 Å². The molecule has 5 heteroatoms. The molecule has 0 bridgehead atoms. The standard InChI is InChI=1S/C30H40O5/c1-9-25-22(6)12-19(3)10-18(2)11-21(5)16-30(26(31)15-27(32)34-25)17-33-29(35-30)28-23(7)13-20(4)14-24(28)8/h11-14,18,25,29H,3,9-10,15-17H2,1-2,4-8H3/b21-11+,22-12+/t18-,25-,29-,30-/m0/s1. The summed E-state index contributed by atoms with van der Waals surface area (Å²) in [7, 11) is 0. The molecule has 2 aliphatic heterocycles. The molecule has 3 rings (SSSR count). The van der Waals surface area contributed by atoms with Crippen LogP contribution in [0.2, 0.25) is 0 Å². The number of Topliss-reactive ketones (excluding diaryl/α,β-unsaturated/α-hetero) is 1. The Morgan fingerprint density at radius 1 is 1.09 bits per heavy atom. The third-order valence-corrected chi connectivity index (χ3v) is 6.89. The molecule has 5 nitrogen and oxygen atoms in total. The summed E-state index contributed by atoms with van der Waals surface area (Å²) in [4.78, 5) is 26.4. The zero-order chi connectivity index (χ0) is 25.9. The maximum atomic E-state index is 13.6. The number of aryl methyl sites for hydroxylation is 3. The van der Waals surface area contributed by atoms with Gasteiger partial charge in [-0.05, 0) is 70.1 Å². The second-order valence-electron chi connectivity index (χ2n) is 10.5. The number of cyclic esters (lactones) is 1. The zero-order valence-corrected chi connectivity index (χ0v) is 22.3. The largest absolute Gasteiger partial charge is 0.458 e. The number of allylic oxidation sites excluding steroid dienone is 3. The van der Waals surface area contributed by atoms with Crippen LogP contribution in [-0.2, 0) is 23.8 Å². The van der Waals surface area contributed by atoms with Crippen LogP contribution in [0.3, 0.4) is 0 Å². The van der Waals surface area contributed by atoms with E-state index in [0.29, 0.717) is 12.8 Å². The predicted molar refractivity (Wildman–Crippen MR) is 138 cm³/mol. The van der Waals surface area contributed by atoms with E-state index in [0.717, 1.165) is 45.4 Å². The molecule has 190 valence electrons. The van der Waals surface area contributed by atoms with Crippen LogP contribution in [0.15, 0.2) is 47.6 Å². The van der Waals surface area contributed by atoms with E-state index in [2.05, 4.69) is 38.6 Å². The highest BCUT2D eigenvalue weighted by Crippen LogP contribution is 2.41. The minimum Gasteiger partial charge on any atom is -0.458 e. The van der Waals surface area contributed by atoms with Gasteiger partial charge in [0.1, 0.15) is 12.5 Å². The van der Waals surface area contributed by atoms with Crippen molar-refractivity contribution in [2.45, 2.75) is 92.1 Å². The van der Waals surface area contributed by atoms with Crippen molar-refractivity contribution in [1.82, 2.24) is 0 Å². The number of carbonyl (C=O) groups is 2. The topological polar surface area (TPSA) is 61.8 Å². The average Bonchev–Trinajstić information content (AvgIpc) is 3.14. The van der Waals surface area contributed by atoms with Crippen molar-refractivity contribution in [2.75, 3.05) is 6.61 Å². The monoisotopic (exact) mass is 480 g/mol. The molecule has 1 aromatic rings. The molecule has 1 saturated heterocycles. The molecule has 1 aromatic carbocycles.